The van der Waals surface area contributed by atoms with Crippen molar-refractivity contribution in [1.29, 1.82) is 0 Å². The van der Waals surface area contributed by atoms with E-state index in [0.717, 1.165) is 22.6 Å². The van der Waals surface area contributed by atoms with Crippen molar-refractivity contribution < 1.29 is 28.3 Å². The fourth-order valence-electron chi connectivity index (χ4n) is 5.36. The minimum Gasteiger partial charge on any atom is -0.350 e. The van der Waals surface area contributed by atoms with E-state index in [-0.39, 0.29) is 16.8 Å². The Kier molecular flexibility index (Phi) is 4.66. The van der Waals surface area contributed by atoms with E-state index in [4.69, 9.17) is 4.74 Å². The van der Waals surface area contributed by atoms with E-state index in [1.165, 1.54) is 24.3 Å². The molecule has 1 spiro atoms. The zero-order valence-electron chi connectivity index (χ0n) is 18.3. The summed E-state index contributed by atoms with van der Waals surface area (Å²) in [6.07, 6.45) is 2.35. The first-order chi connectivity index (χ1) is 16.9. The molecule has 172 valence electrons. The summed E-state index contributed by atoms with van der Waals surface area (Å²) < 4.78 is 19.6. The number of halogens is 1. The largest absolute Gasteiger partial charge is 0.350 e. The van der Waals surface area contributed by atoms with Crippen LogP contribution in [0.4, 0.5) is 10.1 Å². The van der Waals surface area contributed by atoms with E-state index >= 15 is 0 Å². The van der Waals surface area contributed by atoms with Crippen molar-refractivity contribution in [3.05, 3.63) is 107 Å². The number of fused-ring (bicyclic) bond motifs is 3. The van der Waals surface area contributed by atoms with Crippen molar-refractivity contribution in [2.24, 2.45) is 11.8 Å². The summed E-state index contributed by atoms with van der Waals surface area (Å²) in [5.74, 6) is -5.49. The molecule has 2 fully saturated rings. The van der Waals surface area contributed by atoms with Crippen LogP contribution >= 0.6 is 0 Å². The van der Waals surface area contributed by atoms with Gasteiger partial charge in [-0.25, -0.2) is 9.29 Å². The van der Waals surface area contributed by atoms with E-state index in [2.05, 4.69) is 0 Å². The molecule has 0 N–H and O–H groups in total. The smallest absolute Gasteiger partial charge is 0.241 e. The van der Waals surface area contributed by atoms with Gasteiger partial charge in [-0.3, -0.25) is 19.2 Å². The number of carbonyl (C=O) groups is 4. The molecule has 0 radical (unpaired) electrons. The van der Waals surface area contributed by atoms with Gasteiger partial charge in [0.1, 0.15) is 5.82 Å². The zero-order chi connectivity index (χ0) is 24.3. The Labute approximate surface area is 199 Å². The van der Waals surface area contributed by atoms with Gasteiger partial charge in [0.05, 0.1) is 23.6 Å². The molecular formula is C28H18FNO5. The number of hydrogen-bond donors (Lipinski definition) is 0. The van der Waals surface area contributed by atoms with E-state index in [0.29, 0.717) is 0 Å². The molecule has 2 saturated heterocycles. The molecule has 2 amide bonds. The molecule has 3 aromatic carbocycles. The average Bonchev–Trinajstić information content (AvgIpc) is 3.44. The molecule has 3 aliphatic rings. The molecule has 3 aromatic rings. The minimum absolute atomic E-state index is 0.171. The number of hydrogen-bond acceptors (Lipinski definition) is 5. The quantitative estimate of drug-likeness (QED) is 0.432. The number of Topliss-reactive ketones (excluding diaryl/α,β-unsaturated/α-hetero) is 2. The Morgan fingerprint density at radius 1 is 0.771 bits per heavy atom. The van der Waals surface area contributed by atoms with Crippen LogP contribution < -0.4 is 4.90 Å². The van der Waals surface area contributed by atoms with Crippen LogP contribution in [0.1, 0.15) is 26.3 Å². The lowest BCUT2D eigenvalue weighted by Gasteiger charge is -2.26. The van der Waals surface area contributed by atoms with Crippen LogP contribution in [0.3, 0.4) is 0 Å². The molecule has 0 saturated carbocycles. The number of rotatable bonds is 3. The van der Waals surface area contributed by atoms with Gasteiger partial charge in [0.15, 0.2) is 0 Å². The average molecular weight is 467 g/mol. The minimum atomic E-state index is -2.12. The van der Waals surface area contributed by atoms with E-state index in [9.17, 15) is 23.6 Å². The van der Waals surface area contributed by atoms with Crippen LogP contribution in [-0.4, -0.2) is 35.1 Å². The number of imide groups is 1. The Bertz CT molecular complexity index is 1390. The Morgan fingerprint density at radius 2 is 1.37 bits per heavy atom. The van der Waals surface area contributed by atoms with Crippen LogP contribution in [0.15, 0.2) is 84.9 Å². The predicted molar refractivity (Wildman–Crippen MR) is 124 cm³/mol. The first-order valence-electron chi connectivity index (χ1n) is 11.2. The maximum absolute atomic E-state index is 13.7. The van der Waals surface area contributed by atoms with Gasteiger partial charge in [0, 0.05) is 11.1 Å². The monoisotopic (exact) mass is 467 g/mol. The number of ether oxygens (including phenoxy) is 1. The number of ketones is 2. The van der Waals surface area contributed by atoms with Gasteiger partial charge < -0.3 is 4.74 Å². The maximum atomic E-state index is 13.7. The van der Waals surface area contributed by atoms with Crippen molar-refractivity contribution in [2.75, 3.05) is 4.90 Å². The van der Waals surface area contributed by atoms with Crippen molar-refractivity contribution >= 4 is 35.1 Å². The van der Waals surface area contributed by atoms with Gasteiger partial charge in [-0.15, -0.1) is 0 Å². The highest BCUT2D eigenvalue weighted by Crippen LogP contribution is 2.53. The fourth-order valence-corrected chi connectivity index (χ4v) is 5.36. The summed E-state index contributed by atoms with van der Waals surface area (Å²) >= 11 is 0. The topological polar surface area (TPSA) is 80.8 Å². The molecule has 6 nitrogen and oxygen atoms in total. The van der Waals surface area contributed by atoms with Crippen LogP contribution in [0.25, 0.3) is 6.08 Å². The standard InChI is InChI=1S/C28H18FNO5/c29-17-11-13-18(14-12-17)30-26(33)22-21(15-10-16-6-2-1-3-7-16)35-28(23(22)27(30)34)24(31)19-8-4-5-9-20(19)25(28)32/h1-15,21-23H/b15-10+/t21-,22+,23+/m1/s1. The molecule has 0 unspecified atom stereocenters. The van der Waals surface area contributed by atoms with Gasteiger partial charge in [-0.1, -0.05) is 66.7 Å². The second kappa shape index (κ2) is 7.65. The Hall–Kier alpha value is -4.23. The molecular weight excluding hydrogens is 449 g/mol. The highest BCUT2D eigenvalue weighted by molar-refractivity contribution is 6.37. The normalized spacial score (nSPS) is 24.6. The maximum Gasteiger partial charge on any atom is 0.241 e. The molecule has 0 aromatic heterocycles. The Balaban J connectivity index is 1.48. The van der Waals surface area contributed by atoms with Crippen molar-refractivity contribution in [2.45, 2.75) is 11.7 Å². The summed E-state index contributed by atoms with van der Waals surface area (Å²) in [6, 6.07) is 20.5. The third kappa shape index (κ3) is 2.91. The number of anilines is 1. The van der Waals surface area contributed by atoms with Crippen molar-refractivity contribution in [3.63, 3.8) is 0 Å². The number of amides is 2. The highest BCUT2D eigenvalue weighted by Gasteiger charge is 2.74. The summed E-state index contributed by atoms with van der Waals surface area (Å²) in [5, 5.41) is 0. The second-order valence-corrected chi connectivity index (χ2v) is 8.78. The molecule has 2 aliphatic heterocycles. The summed E-state index contributed by atoms with van der Waals surface area (Å²) in [6.45, 7) is 0. The van der Waals surface area contributed by atoms with Crippen molar-refractivity contribution in [3.8, 4) is 0 Å². The number of benzene rings is 3. The molecule has 6 rings (SSSR count). The highest BCUT2D eigenvalue weighted by atomic mass is 19.1. The van der Waals surface area contributed by atoms with Gasteiger partial charge >= 0.3 is 0 Å². The predicted octanol–water partition coefficient (Wildman–Crippen LogP) is 3.86. The van der Waals surface area contributed by atoms with E-state index < -0.39 is 52.7 Å². The van der Waals surface area contributed by atoms with E-state index in [1.54, 1.807) is 24.3 Å². The molecule has 35 heavy (non-hydrogen) atoms. The third-order valence-corrected chi connectivity index (χ3v) is 6.92. The zero-order valence-corrected chi connectivity index (χ0v) is 18.3. The molecule has 0 bridgehead atoms. The molecule has 7 heteroatoms. The Morgan fingerprint density at radius 3 is 2.00 bits per heavy atom. The third-order valence-electron chi connectivity index (χ3n) is 6.92. The summed E-state index contributed by atoms with van der Waals surface area (Å²) in [7, 11) is 0. The SMILES string of the molecule is O=C1[C@@H]2[C@@H](C(=O)N1c1ccc(F)cc1)C1(O[C@@H]2/C=C/c2ccccc2)C(=O)c2ccccc2C1=O. The molecule has 1 aliphatic carbocycles. The summed E-state index contributed by atoms with van der Waals surface area (Å²) in [4.78, 5) is 55.5. The second-order valence-electron chi connectivity index (χ2n) is 8.78. The first-order valence-corrected chi connectivity index (χ1v) is 11.2. The van der Waals surface area contributed by atoms with Crippen LogP contribution in [-0.2, 0) is 14.3 Å². The fraction of sp³-hybridized carbons (Fsp3) is 0.143. The van der Waals surface area contributed by atoms with Crippen molar-refractivity contribution in [1.82, 2.24) is 0 Å². The van der Waals surface area contributed by atoms with Gasteiger partial charge in [-0.2, -0.15) is 0 Å². The van der Waals surface area contributed by atoms with Gasteiger partial charge in [0.2, 0.25) is 29.0 Å². The number of nitrogens with zero attached hydrogens (tertiary/aromatic N) is 1. The molecule has 3 atom stereocenters. The van der Waals surface area contributed by atoms with Gasteiger partial charge in [-0.05, 0) is 29.8 Å². The van der Waals surface area contributed by atoms with Crippen LogP contribution in [0.2, 0.25) is 0 Å². The van der Waals surface area contributed by atoms with Crippen LogP contribution in [0.5, 0.6) is 0 Å². The lowest BCUT2D eigenvalue weighted by atomic mass is 9.78. The van der Waals surface area contributed by atoms with Gasteiger partial charge in [0.25, 0.3) is 0 Å². The first kappa shape index (κ1) is 21.3. The lowest BCUT2D eigenvalue weighted by molar-refractivity contribution is -0.126. The van der Waals surface area contributed by atoms with Crippen LogP contribution in [0, 0.1) is 17.7 Å². The molecule has 2 heterocycles. The van der Waals surface area contributed by atoms with E-state index in [1.807, 2.05) is 30.3 Å². The summed E-state index contributed by atoms with van der Waals surface area (Å²) in [5.41, 5.74) is -0.782. The lowest BCUT2D eigenvalue weighted by Crippen LogP contribution is -2.51. The number of carbonyl (C=O) groups excluding carboxylic acids is 4.